The average Bonchev–Trinajstić information content (AvgIpc) is 3.19. The number of rotatable bonds is 4. The third-order valence-corrected chi connectivity index (χ3v) is 7.15. The second-order valence-electron chi connectivity index (χ2n) is 10.7. The Morgan fingerprint density at radius 1 is 0.652 bits per heavy atom. The quantitative estimate of drug-likeness (QED) is 0.501. The Balaban J connectivity index is 1.93. The molecule has 136 valence electrons. The van der Waals surface area contributed by atoms with E-state index < -0.39 is 0 Å². The van der Waals surface area contributed by atoms with Crippen LogP contribution >= 0.6 is 0 Å². The molecule has 2 fully saturated rings. The lowest BCUT2D eigenvalue weighted by Crippen LogP contribution is -2.19. The van der Waals surface area contributed by atoms with Gasteiger partial charge in [0.25, 0.3) is 0 Å². The normalized spacial score (nSPS) is 42.7. The van der Waals surface area contributed by atoms with Gasteiger partial charge in [-0.3, -0.25) is 0 Å². The van der Waals surface area contributed by atoms with E-state index in [2.05, 4.69) is 48.5 Å². The molecule has 2 aliphatic rings. The molecule has 0 heterocycles. The molecule has 2 rings (SSSR count). The Labute approximate surface area is 147 Å². The van der Waals surface area contributed by atoms with Crippen molar-refractivity contribution in [2.75, 3.05) is 0 Å². The van der Waals surface area contributed by atoms with E-state index in [4.69, 9.17) is 0 Å². The van der Waals surface area contributed by atoms with Crippen molar-refractivity contribution >= 4 is 0 Å². The van der Waals surface area contributed by atoms with Gasteiger partial charge >= 0.3 is 0 Å². The molecule has 0 aromatic rings. The molecule has 7 atom stereocenters. The van der Waals surface area contributed by atoms with Gasteiger partial charge in [-0.2, -0.15) is 0 Å². The minimum Gasteiger partial charge on any atom is -0.0651 e. The average molecular weight is 321 g/mol. The molecule has 0 aromatic heterocycles. The van der Waals surface area contributed by atoms with Crippen molar-refractivity contribution in [1.29, 1.82) is 0 Å². The van der Waals surface area contributed by atoms with Gasteiger partial charge in [0, 0.05) is 0 Å². The smallest absolute Gasteiger partial charge is 0.0334 e. The summed E-state index contributed by atoms with van der Waals surface area (Å²) in [6.07, 6.45) is 11.9. The van der Waals surface area contributed by atoms with Crippen LogP contribution in [0, 0.1) is 46.8 Å². The fourth-order valence-corrected chi connectivity index (χ4v) is 5.99. The minimum atomic E-state index is 0.546. The maximum Gasteiger partial charge on any atom is -0.0334 e. The van der Waals surface area contributed by atoms with Gasteiger partial charge in [-0.1, -0.05) is 54.9 Å². The van der Waals surface area contributed by atoms with Gasteiger partial charge in [0.15, 0.2) is 0 Å². The molecule has 0 nitrogen and oxygen atoms in total. The third-order valence-electron chi connectivity index (χ3n) is 7.15. The van der Waals surface area contributed by atoms with E-state index in [1.807, 2.05) is 0 Å². The van der Waals surface area contributed by atoms with Crippen LogP contribution in [0.15, 0.2) is 0 Å². The molecule has 0 aliphatic heterocycles. The van der Waals surface area contributed by atoms with E-state index in [1.54, 1.807) is 0 Å². The van der Waals surface area contributed by atoms with Crippen LogP contribution in [0.4, 0.5) is 0 Å². The lowest BCUT2D eigenvalue weighted by atomic mass is 9.76. The predicted molar refractivity (Wildman–Crippen MR) is 104 cm³/mol. The first-order valence-electron chi connectivity index (χ1n) is 10.7. The summed E-state index contributed by atoms with van der Waals surface area (Å²) in [5.74, 6) is 6.86. The van der Waals surface area contributed by atoms with Gasteiger partial charge in [0.2, 0.25) is 0 Å². The van der Waals surface area contributed by atoms with Crippen molar-refractivity contribution in [2.24, 2.45) is 46.8 Å². The lowest BCUT2D eigenvalue weighted by molar-refractivity contribution is 0.213. The highest BCUT2D eigenvalue weighted by atomic mass is 14.5. The van der Waals surface area contributed by atoms with E-state index in [1.165, 1.54) is 51.4 Å². The lowest BCUT2D eigenvalue weighted by Gasteiger charge is -2.29. The first kappa shape index (κ1) is 19.3. The van der Waals surface area contributed by atoms with Crippen LogP contribution in [-0.2, 0) is 0 Å². The van der Waals surface area contributed by atoms with E-state index in [0.717, 1.165) is 41.4 Å². The summed E-state index contributed by atoms with van der Waals surface area (Å²) in [7, 11) is 0. The molecule has 0 heteroatoms. The number of hydrogen-bond acceptors (Lipinski definition) is 0. The largest absolute Gasteiger partial charge is 0.0651 e. The second-order valence-corrected chi connectivity index (χ2v) is 10.7. The van der Waals surface area contributed by atoms with E-state index in [0.29, 0.717) is 5.41 Å². The van der Waals surface area contributed by atoms with Crippen molar-refractivity contribution < 1.29 is 0 Å². The molecule has 0 N–H and O–H groups in total. The molecule has 0 bridgehead atoms. The summed E-state index contributed by atoms with van der Waals surface area (Å²) in [6.45, 7) is 17.3. The Morgan fingerprint density at radius 2 is 1.13 bits per heavy atom. The topological polar surface area (TPSA) is 0 Å². The van der Waals surface area contributed by atoms with Gasteiger partial charge in [-0.05, 0) is 91.8 Å². The summed E-state index contributed by atoms with van der Waals surface area (Å²) in [4.78, 5) is 0. The molecule has 2 aliphatic carbocycles. The first-order valence-corrected chi connectivity index (χ1v) is 10.7. The summed E-state index contributed by atoms with van der Waals surface area (Å²) in [5, 5.41) is 0. The zero-order chi connectivity index (χ0) is 17.2. The molecular formula is C23H44. The summed E-state index contributed by atoms with van der Waals surface area (Å²) in [6, 6.07) is 0. The fraction of sp³-hybridized carbons (Fsp3) is 1.00. The van der Waals surface area contributed by atoms with Crippen LogP contribution < -0.4 is 0 Å². The predicted octanol–water partition coefficient (Wildman–Crippen LogP) is 7.57. The van der Waals surface area contributed by atoms with Crippen molar-refractivity contribution in [1.82, 2.24) is 0 Å². The van der Waals surface area contributed by atoms with Crippen molar-refractivity contribution in [3.63, 3.8) is 0 Å². The van der Waals surface area contributed by atoms with E-state index >= 15 is 0 Å². The van der Waals surface area contributed by atoms with Crippen molar-refractivity contribution in [2.45, 2.75) is 99.8 Å². The second kappa shape index (κ2) is 7.92. The summed E-state index contributed by atoms with van der Waals surface area (Å²) < 4.78 is 0. The summed E-state index contributed by atoms with van der Waals surface area (Å²) >= 11 is 0. The molecule has 0 saturated heterocycles. The molecule has 0 aromatic carbocycles. The van der Waals surface area contributed by atoms with E-state index in [9.17, 15) is 0 Å². The van der Waals surface area contributed by atoms with E-state index in [-0.39, 0.29) is 0 Å². The van der Waals surface area contributed by atoms with Crippen LogP contribution in [0.3, 0.4) is 0 Å². The zero-order valence-corrected chi connectivity index (χ0v) is 17.2. The van der Waals surface area contributed by atoms with Crippen molar-refractivity contribution in [3.8, 4) is 0 Å². The third kappa shape index (κ3) is 5.79. The summed E-state index contributed by atoms with van der Waals surface area (Å²) in [5.41, 5.74) is 0.546. The standard InChI is InChI=1S/C23H44/c1-8-19-13-17(3)11-16(2)12-18(4)14-20(19)9-10-21-15-22(21)23(5,6)7/h16-22H,8-15H2,1-7H3. The Kier molecular flexibility index (Phi) is 6.66. The van der Waals surface area contributed by atoms with Crippen LogP contribution in [0.1, 0.15) is 99.8 Å². The van der Waals surface area contributed by atoms with Gasteiger partial charge in [-0.25, -0.2) is 0 Å². The monoisotopic (exact) mass is 320 g/mol. The molecule has 0 radical (unpaired) electrons. The molecular weight excluding hydrogens is 276 g/mol. The maximum absolute atomic E-state index is 2.53. The number of hydrogen-bond donors (Lipinski definition) is 0. The zero-order valence-electron chi connectivity index (χ0n) is 17.2. The van der Waals surface area contributed by atoms with Crippen molar-refractivity contribution in [3.05, 3.63) is 0 Å². The van der Waals surface area contributed by atoms with Crippen LogP contribution in [0.5, 0.6) is 0 Å². The Bertz CT molecular complexity index is 350. The van der Waals surface area contributed by atoms with Crippen LogP contribution in [-0.4, -0.2) is 0 Å². The minimum absolute atomic E-state index is 0.546. The highest BCUT2D eigenvalue weighted by Crippen LogP contribution is 2.53. The van der Waals surface area contributed by atoms with Gasteiger partial charge in [0.05, 0.1) is 0 Å². The highest BCUT2D eigenvalue weighted by Gasteiger charge is 2.44. The maximum atomic E-state index is 2.53. The van der Waals surface area contributed by atoms with Crippen LogP contribution in [0.25, 0.3) is 0 Å². The first-order chi connectivity index (χ1) is 10.7. The van der Waals surface area contributed by atoms with Crippen LogP contribution in [0.2, 0.25) is 0 Å². The molecule has 7 unspecified atom stereocenters. The Morgan fingerprint density at radius 3 is 1.61 bits per heavy atom. The van der Waals surface area contributed by atoms with Gasteiger partial charge < -0.3 is 0 Å². The van der Waals surface area contributed by atoms with Gasteiger partial charge in [-0.15, -0.1) is 0 Å². The molecule has 2 saturated carbocycles. The Hall–Kier alpha value is 0. The molecule has 0 amide bonds. The molecule has 23 heavy (non-hydrogen) atoms. The SMILES string of the molecule is CCC1CC(C)CC(C)CC(C)CC1CCC1CC1C(C)(C)C. The molecule has 0 spiro atoms. The van der Waals surface area contributed by atoms with Gasteiger partial charge in [0.1, 0.15) is 0 Å². The highest BCUT2D eigenvalue weighted by molar-refractivity contribution is 4.94. The fourth-order valence-electron chi connectivity index (χ4n) is 5.99.